The fourth-order valence-electron chi connectivity index (χ4n) is 2.26. The third-order valence-electron chi connectivity index (χ3n) is 3.51. The summed E-state index contributed by atoms with van der Waals surface area (Å²) in [5.41, 5.74) is 3.14. The minimum atomic E-state index is 0.417. The van der Waals surface area contributed by atoms with Crippen LogP contribution in [0.3, 0.4) is 0 Å². The van der Waals surface area contributed by atoms with Crippen LogP contribution in [-0.2, 0) is 13.1 Å². The molecule has 0 saturated heterocycles. The molecule has 0 atom stereocenters. The average molecular weight is 308 g/mol. The highest BCUT2D eigenvalue weighted by atomic mass is 16.3. The third-order valence-corrected chi connectivity index (χ3v) is 3.51. The van der Waals surface area contributed by atoms with E-state index in [0.29, 0.717) is 18.8 Å². The molecule has 5 heteroatoms. The molecule has 0 aromatic heterocycles. The number of phenols is 1. The zero-order valence-corrected chi connectivity index (χ0v) is 14.7. The fraction of sp³-hybridized carbons (Fsp3) is 0.647. The van der Waals surface area contributed by atoms with Crippen molar-refractivity contribution in [2.24, 2.45) is 0 Å². The largest absolute Gasteiger partial charge is 0.507 e. The van der Waals surface area contributed by atoms with E-state index in [-0.39, 0.29) is 0 Å². The Labute approximate surface area is 135 Å². The van der Waals surface area contributed by atoms with E-state index in [0.717, 1.165) is 37.3 Å². The Morgan fingerprint density at radius 3 is 1.64 bits per heavy atom. The lowest BCUT2D eigenvalue weighted by atomic mass is 10.0. The summed E-state index contributed by atoms with van der Waals surface area (Å²) in [6.07, 6.45) is 0. The second kappa shape index (κ2) is 9.79. The van der Waals surface area contributed by atoms with Gasteiger partial charge in [0.05, 0.1) is 0 Å². The van der Waals surface area contributed by atoms with Gasteiger partial charge in [0.1, 0.15) is 5.75 Å². The fourth-order valence-corrected chi connectivity index (χ4v) is 2.26. The van der Waals surface area contributed by atoms with Crippen molar-refractivity contribution >= 4 is 0 Å². The minimum Gasteiger partial charge on any atom is -0.507 e. The standard InChI is InChI=1S/C17H32N4O/c1-14-10-15(12-18-6-8-20(2)3)17(22)16(11-14)13-19-7-9-21(4)5/h10-11,18-19,22H,6-9,12-13H2,1-5H3. The predicted octanol–water partition coefficient (Wildman–Crippen LogP) is 1.00. The van der Waals surface area contributed by atoms with Crippen LogP contribution in [0.2, 0.25) is 0 Å². The van der Waals surface area contributed by atoms with Gasteiger partial charge in [-0.25, -0.2) is 0 Å². The van der Waals surface area contributed by atoms with E-state index in [1.807, 2.05) is 0 Å². The number of aryl methyl sites for hydroxylation is 1. The molecule has 1 aromatic carbocycles. The number of nitrogens with one attached hydrogen (secondary N) is 2. The Bertz CT molecular complexity index is 409. The summed E-state index contributed by atoms with van der Waals surface area (Å²) in [5, 5.41) is 17.2. The van der Waals surface area contributed by atoms with Crippen LogP contribution in [0.25, 0.3) is 0 Å². The Hall–Kier alpha value is -1.14. The molecular weight excluding hydrogens is 276 g/mol. The third kappa shape index (κ3) is 7.22. The molecule has 126 valence electrons. The van der Waals surface area contributed by atoms with Gasteiger partial charge in [-0.2, -0.15) is 0 Å². The second-order valence-corrected chi connectivity index (χ2v) is 6.39. The number of phenolic OH excluding ortho intramolecular Hbond substituents is 1. The molecule has 0 spiro atoms. The van der Waals surface area contributed by atoms with E-state index in [1.165, 1.54) is 5.56 Å². The molecule has 5 nitrogen and oxygen atoms in total. The Morgan fingerprint density at radius 1 is 0.864 bits per heavy atom. The van der Waals surface area contributed by atoms with Crippen LogP contribution >= 0.6 is 0 Å². The summed E-state index contributed by atoms with van der Waals surface area (Å²) in [7, 11) is 8.24. The lowest BCUT2D eigenvalue weighted by Gasteiger charge is -2.15. The molecule has 0 bridgehead atoms. The Balaban J connectivity index is 2.55. The predicted molar refractivity (Wildman–Crippen MR) is 93.4 cm³/mol. The highest BCUT2D eigenvalue weighted by Gasteiger charge is 2.08. The van der Waals surface area contributed by atoms with E-state index in [2.05, 4.69) is 67.7 Å². The van der Waals surface area contributed by atoms with Crippen LogP contribution in [0.1, 0.15) is 16.7 Å². The smallest absolute Gasteiger partial charge is 0.124 e. The molecule has 0 heterocycles. The van der Waals surface area contributed by atoms with Crippen molar-refractivity contribution in [1.29, 1.82) is 0 Å². The number of nitrogens with zero attached hydrogens (tertiary/aromatic N) is 2. The molecular formula is C17H32N4O. The monoisotopic (exact) mass is 308 g/mol. The molecule has 0 aliphatic heterocycles. The Kier molecular flexibility index (Phi) is 8.42. The molecule has 0 unspecified atom stereocenters. The van der Waals surface area contributed by atoms with Crippen molar-refractivity contribution in [3.8, 4) is 5.75 Å². The number of aromatic hydroxyl groups is 1. The maximum Gasteiger partial charge on any atom is 0.124 e. The quantitative estimate of drug-likeness (QED) is 0.563. The SMILES string of the molecule is Cc1cc(CNCCN(C)C)c(O)c(CNCCN(C)C)c1. The molecule has 0 amide bonds. The first-order valence-corrected chi connectivity index (χ1v) is 7.92. The van der Waals surface area contributed by atoms with Crippen LogP contribution < -0.4 is 10.6 Å². The number of hydrogen-bond acceptors (Lipinski definition) is 5. The maximum absolute atomic E-state index is 10.4. The van der Waals surface area contributed by atoms with Gasteiger partial charge in [-0.1, -0.05) is 17.7 Å². The average Bonchev–Trinajstić information content (AvgIpc) is 2.43. The summed E-state index contributed by atoms with van der Waals surface area (Å²) < 4.78 is 0. The van der Waals surface area contributed by atoms with E-state index < -0.39 is 0 Å². The zero-order valence-electron chi connectivity index (χ0n) is 14.7. The summed E-state index contributed by atoms with van der Waals surface area (Å²) in [5.74, 6) is 0.417. The highest BCUT2D eigenvalue weighted by molar-refractivity contribution is 5.43. The molecule has 0 aliphatic rings. The molecule has 0 radical (unpaired) electrons. The first-order chi connectivity index (χ1) is 10.4. The van der Waals surface area contributed by atoms with E-state index in [1.54, 1.807) is 0 Å². The second-order valence-electron chi connectivity index (χ2n) is 6.39. The molecule has 1 aromatic rings. The van der Waals surface area contributed by atoms with Crippen molar-refractivity contribution in [2.75, 3.05) is 54.4 Å². The van der Waals surface area contributed by atoms with Gasteiger partial charge >= 0.3 is 0 Å². The van der Waals surface area contributed by atoms with Gasteiger partial charge in [-0.3, -0.25) is 0 Å². The minimum absolute atomic E-state index is 0.417. The normalized spacial score (nSPS) is 11.6. The van der Waals surface area contributed by atoms with Crippen LogP contribution in [0.4, 0.5) is 0 Å². The summed E-state index contributed by atoms with van der Waals surface area (Å²) >= 11 is 0. The van der Waals surface area contributed by atoms with E-state index in [4.69, 9.17) is 0 Å². The lowest BCUT2D eigenvalue weighted by molar-refractivity contribution is 0.395. The topological polar surface area (TPSA) is 50.8 Å². The highest BCUT2D eigenvalue weighted by Crippen LogP contribution is 2.24. The maximum atomic E-state index is 10.4. The van der Waals surface area contributed by atoms with Gasteiger partial charge in [0, 0.05) is 50.4 Å². The molecule has 22 heavy (non-hydrogen) atoms. The van der Waals surface area contributed by atoms with Crippen LogP contribution in [-0.4, -0.2) is 69.3 Å². The van der Waals surface area contributed by atoms with Gasteiger partial charge in [-0.15, -0.1) is 0 Å². The summed E-state index contributed by atoms with van der Waals surface area (Å²) in [6.45, 7) is 7.29. The van der Waals surface area contributed by atoms with Crippen molar-refractivity contribution in [3.05, 3.63) is 28.8 Å². The van der Waals surface area contributed by atoms with Gasteiger partial charge in [-0.05, 0) is 35.1 Å². The van der Waals surface area contributed by atoms with E-state index in [9.17, 15) is 5.11 Å². The van der Waals surface area contributed by atoms with Crippen LogP contribution in [0.15, 0.2) is 12.1 Å². The van der Waals surface area contributed by atoms with Crippen molar-refractivity contribution < 1.29 is 5.11 Å². The van der Waals surface area contributed by atoms with Gasteiger partial charge in [0.2, 0.25) is 0 Å². The van der Waals surface area contributed by atoms with Crippen molar-refractivity contribution in [2.45, 2.75) is 20.0 Å². The number of benzene rings is 1. The number of hydrogen-bond donors (Lipinski definition) is 3. The van der Waals surface area contributed by atoms with Gasteiger partial charge in [0.15, 0.2) is 0 Å². The van der Waals surface area contributed by atoms with Gasteiger partial charge < -0.3 is 25.5 Å². The zero-order chi connectivity index (χ0) is 16.5. The lowest BCUT2D eigenvalue weighted by Crippen LogP contribution is -2.27. The summed E-state index contributed by atoms with van der Waals surface area (Å²) in [6, 6.07) is 4.11. The first-order valence-electron chi connectivity index (χ1n) is 7.92. The Morgan fingerprint density at radius 2 is 1.27 bits per heavy atom. The molecule has 3 N–H and O–H groups in total. The van der Waals surface area contributed by atoms with Crippen molar-refractivity contribution in [3.63, 3.8) is 0 Å². The van der Waals surface area contributed by atoms with Crippen molar-refractivity contribution in [1.82, 2.24) is 20.4 Å². The van der Waals surface area contributed by atoms with Crippen LogP contribution in [0.5, 0.6) is 5.75 Å². The van der Waals surface area contributed by atoms with E-state index >= 15 is 0 Å². The molecule has 0 aliphatic carbocycles. The molecule has 0 saturated carbocycles. The van der Waals surface area contributed by atoms with Gasteiger partial charge in [0.25, 0.3) is 0 Å². The molecule has 1 rings (SSSR count). The summed E-state index contributed by atoms with van der Waals surface area (Å²) in [4.78, 5) is 4.28. The molecule has 0 fully saturated rings. The number of rotatable bonds is 10. The first kappa shape index (κ1) is 18.9. The number of likely N-dealkylation sites (N-methyl/N-ethyl adjacent to an activating group) is 2. The van der Waals surface area contributed by atoms with Crippen LogP contribution in [0, 0.1) is 6.92 Å².